The fraction of sp³-hybridized carbons (Fsp3) is 0.235. The molecule has 1 aromatic carbocycles. The lowest BCUT2D eigenvalue weighted by Crippen LogP contribution is -2.31. The Morgan fingerprint density at radius 3 is 2.92 bits per heavy atom. The second kappa shape index (κ2) is 6.84. The molecule has 1 amide bonds. The molecule has 0 aliphatic heterocycles. The second-order valence-electron chi connectivity index (χ2n) is 5.57. The molecule has 8 heteroatoms. The molecule has 0 bridgehead atoms. The molecule has 6 nitrogen and oxygen atoms in total. The number of carbonyl (C=O) groups is 1. The van der Waals surface area contributed by atoms with Gasteiger partial charge in [0.25, 0.3) is 5.91 Å². The Bertz CT molecular complexity index is 926. The zero-order chi connectivity index (χ0) is 18.0. The lowest BCUT2D eigenvalue weighted by atomic mass is 10.2. The monoisotopic (exact) mass is 346 g/mol. The van der Waals surface area contributed by atoms with Crippen molar-refractivity contribution in [1.82, 2.24) is 20.3 Å². The highest BCUT2D eigenvalue weighted by Gasteiger charge is 2.17. The van der Waals surface area contributed by atoms with Crippen molar-refractivity contribution in [2.24, 2.45) is 0 Å². The highest BCUT2D eigenvalue weighted by Crippen LogP contribution is 2.25. The SMILES string of the molecule is CC[C@@H](C)NC(=O)c1c[nH]c2ncc(Oc3ccc(F)cc3F)nc12. The van der Waals surface area contributed by atoms with E-state index in [1.807, 2.05) is 13.8 Å². The number of ether oxygens (including phenoxy) is 1. The van der Waals surface area contributed by atoms with Crippen molar-refractivity contribution in [2.45, 2.75) is 26.3 Å². The van der Waals surface area contributed by atoms with E-state index in [1.54, 1.807) is 0 Å². The first kappa shape index (κ1) is 16.8. The first-order valence-corrected chi connectivity index (χ1v) is 7.75. The van der Waals surface area contributed by atoms with Gasteiger partial charge in [-0.2, -0.15) is 0 Å². The number of fused-ring (bicyclic) bond motifs is 1. The third-order valence-corrected chi connectivity index (χ3v) is 3.70. The van der Waals surface area contributed by atoms with E-state index in [1.165, 1.54) is 12.4 Å². The normalized spacial score (nSPS) is 12.2. The maximum Gasteiger partial charge on any atom is 0.255 e. The minimum Gasteiger partial charge on any atom is -0.434 e. The van der Waals surface area contributed by atoms with Crippen LogP contribution in [-0.4, -0.2) is 26.9 Å². The molecule has 0 aliphatic carbocycles. The number of halogens is 2. The molecular weight excluding hydrogens is 330 g/mol. The zero-order valence-electron chi connectivity index (χ0n) is 13.6. The van der Waals surface area contributed by atoms with Gasteiger partial charge in [0.1, 0.15) is 11.3 Å². The smallest absolute Gasteiger partial charge is 0.255 e. The van der Waals surface area contributed by atoms with Gasteiger partial charge < -0.3 is 15.0 Å². The summed E-state index contributed by atoms with van der Waals surface area (Å²) >= 11 is 0. The van der Waals surface area contributed by atoms with Crippen LogP contribution >= 0.6 is 0 Å². The first-order valence-electron chi connectivity index (χ1n) is 7.75. The quantitative estimate of drug-likeness (QED) is 0.740. The number of rotatable bonds is 5. The van der Waals surface area contributed by atoms with Gasteiger partial charge in [-0.25, -0.2) is 18.7 Å². The van der Waals surface area contributed by atoms with Gasteiger partial charge in [-0.1, -0.05) is 6.92 Å². The van der Waals surface area contributed by atoms with Crippen LogP contribution in [0, 0.1) is 11.6 Å². The van der Waals surface area contributed by atoms with E-state index >= 15 is 0 Å². The number of aromatic nitrogens is 3. The van der Waals surface area contributed by atoms with Crippen LogP contribution in [0.15, 0.2) is 30.6 Å². The average Bonchev–Trinajstić information content (AvgIpc) is 3.00. The van der Waals surface area contributed by atoms with Crippen molar-refractivity contribution in [3.63, 3.8) is 0 Å². The molecule has 0 spiro atoms. The Morgan fingerprint density at radius 1 is 1.40 bits per heavy atom. The summed E-state index contributed by atoms with van der Waals surface area (Å²) in [5, 5.41) is 2.84. The largest absolute Gasteiger partial charge is 0.434 e. The van der Waals surface area contributed by atoms with E-state index in [-0.39, 0.29) is 23.6 Å². The first-order chi connectivity index (χ1) is 12.0. The van der Waals surface area contributed by atoms with Crippen LogP contribution in [0.25, 0.3) is 11.2 Å². The summed E-state index contributed by atoms with van der Waals surface area (Å²) in [6.07, 6.45) is 3.58. The van der Waals surface area contributed by atoms with E-state index < -0.39 is 11.6 Å². The van der Waals surface area contributed by atoms with Gasteiger partial charge in [0, 0.05) is 18.3 Å². The number of hydrogen-bond donors (Lipinski definition) is 2. The standard InChI is InChI=1S/C17H16F2N4O2/c1-3-9(2)22-17(24)11-7-20-16-15(11)23-14(8-21-16)25-13-5-4-10(18)6-12(13)19/h4-9H,3H2,1-2H3,(H,20,21)(H,22,24)/t9-/m1/s1. The number of amides is 1. The highest BCUT2D eigenvalue weighted by atomic mass is 19.1. The zero-order valence-corrected chi connectivity index (χ0v) is 13.6. The molecule has 0 radical (unpaired) electrons. The molecule has 0 saturated heterocycles. The molecule has 0 aliphatic rings. The molecule has 2 N–H and O–H groups in total. The molecule has 25 heavy (non-hydrogen) atoms. The van der Waals surface area contributed by atoms with Crippen LogP contribution in [0.2, 0.25) is 0 Å². The topological polar surface area (TPSA) is 79.9 Å². The van der Waals surface area contributed by atoms with E-state index in [4.69, 9.17) is 4.74 Å². The fourth-order valence-electron chi connectivity index (χ4n) is 2.17. The van der Waals surface area contributed by atoms with Crippen molar-refractivity contribution in [2.75, 3.05) is 0 Å². The number of benzene rings is 1. The van der Waals surface area contributed by atoms with Gasteiger partial charge in [0.05, 0.1) is 11.8 Å². The number of nitrogens with one attached hydrogen (secondary N) is 2. The van der Waals surface area contributed by atoms with E-state index in [9.17, 15) is 13.6 Å². The fourth-order valence-corrected chi connectivity index (χ4v) is 2.17. The van der Waals surface area contributed by atoms with E-state index in [2.05, 4.69) is 20.3 Å². The summed E-state index contributed by atoms with van der Waals surface area (Å²) in [6, 6.07) is 2.96. The van der Waals surface area contributed by atoms with Crippen LogP contribution in [-0.2, 0) is 0 Å². The third kappa shape index (κ3) is 3.57. The molecule has 2 aromatic heterocycles. The lowest BCUT2D eigenvalue weighted by Gasteiger charge is -2.10. The van der Waals surface area contributed by atoms with Crippen molar-refractivity contribution < 1.29 is 18.3 Å². The Labute approximate surface area is 142 Å². The molecule has 130 valence electrons. The summed E-state index contributed by atoms with van der Waals surface area (Å²) in [4.78, 5) is 23.5. The number of nitrogens with zero attached hydrogens (tertiary/aromatic N) is 2. The maximum absolute atomic E-state index is 13.7. The molecule has 3 aromatic rings. The van der Waals surface area contributed by atoms with Crippen LogP contribution in [0.3, 0.4) is 0 Å². The third-order valence-electron chi connectivity index (χ3n) is 3.70. The van der Waals surface area contributed by atoms with E-state index in [0.29, 0.717) is 22.8 Å². The summed E-state index contributed by atoms with van der Waals surface area (Å²) in [5.41, 5.74) is 1.02. The minimum absolute atomic E-state index is 0.00445. The predicted octanol–water partition coefficient (Wildman–Crippen LogP) is 3.56. The molecule has 3 rings (SSSR count). The molecule has 0 fully saturated rings. The van der Waals surface area contributed by atoms with Gasteiger partial charge in [0.2, 0.25) is 5.88 Å². The molecule has 2 heterocycles. The van der Waals surface area contributed by atoms with Crippen LogP contribution in [0.4, 0.5) is 8.78 Å². The average molecular weight is 346 g/mol. The van der Waals surface area contributed by atoms with Crippen molar-refractivity contribution in [1.29, 1.82) is 0 Å². The number of aromatic amines is 1. The predicted molar refractivity (Wildman–Crippen MR) is 87.5 cm³/mol. The lowest BCUT2D eigenvalue weighted by molar-refractivity contribution is 0.0941. The van der Waals surface area contributed by atoms with Gasteiger partial charge in [-0.3, -0.25) is 4.79 Å². The number of carbonyl (C=O) groups excluding carboxylic acids is 1. The molecule has 1 atom stereocenters. The summed E-state index contributed by atoms with van der Waals surface area (Å²) in [5.74, 6) is -2.04. The second-order valence-corrected chi connectivity index (χ2v) is 5.57. The summed E-state index contributed by atoms with van der Waals surface area (Å²) < 4.78 is 32.0. The van der Waals surface area contributed by atoms with Crippen LogP contribution in [0.1, 0.15) is 30.6 Å². The van der Waals surface area contributed by atoms with Crippen molar-refractivity contribution in [3.8, 4) is 11.6 Å². The molecular formula is C17H16F2N4O2. The molecule has 0 unspecified atom stereocenters. The Kier molecular flexibility index (Phi) is 4.60. The van der Waals surface area contributed by atoms with Gasteiger partial charge >= 0.3 is 0 Å². The Hall–Kier alpha value is -3.03. The summed E-state index contributed by atoms with van der Waals surface area (Å²) in [7, 11) is 0. The van der Waals surface area contributed by atoms with Crippen molar-refractivity contribution >= 4 is 17.1 Å². The number of hydrogen-bond acceptors (Lipinski definition) is 4. The van der Waals surface area contributed by atoms with Crippen LogP contribution in [0.5, 0.6) is 11.6 Å². The van der Waals surface area contributed by atoms with E-state index in [0.717, 1.165) is 18.6 Å². The summed E-state index contributed by atoms with van der Waals surface area (Å²) in [6.45, 7) is 3.85. The minimum atomic E-state index is -0.856. The van der Waals surface area contributed by atoms with Gasteiger partial charge in [-0.15, -0.1) is 0 Å². The Morgan fingerprint density at radius 2 is 2.20 bits per heavy atom. The highest BCUT2D eigenvalue weighted by molar-refractivity contribution is 6.04. The van der Waals surface area contributed by atoms with Crippen LogP contribution < -0.4 is 10.1 Å². The van der Waals surface area contributed by atoms with Gasteiger partial charge in [0.15, 0.2) is 17.2 Å². The van der Waals surface area contributed by atoms with Gasteiger partial charge in [-0.05, 0) is 25.5 Å². The molecule has 0 saturated carbocycles. The number of H-pyrrole nitrogens is 1. The maximum atomic E-state index is 13.7. The Balaban J connectivity index is 1.91. The van der Waals surface area contributed by atoms with Crippen molar-refractivity contribution in [3.05, 3.63) is 47.8 Å².